The van der Waals surface area contributed by atoms with Gasteiger partial charge in [0.1, 0.15) is 0 Å². The maximum atomic E-state index is 13.4. The third-order valence-electron chi connectivity index (χ3n) is 7.32. The monoisotopic (exact) mass is 475 g/mol. The number of sulfonamides is 1. The van der Waals surface area contributed by atoms with Gasteiger partial charge in [0.15, 0.2) is 0 Å². The van der Waals surface area contributed by atoms with Gasteiger partial charge in [-0.2, -0.15) is 4.31 Å². The van der Waals surface area contributed by atoms with Gasteiger partial charge in [0.05, 0.1) is 16.1 Å². The van der Waals surface area contributed by atoms with Gasteiger partial charge in [-0.1, -0.05) is 54.1 Å². The lowest BCUT2D eigenvalue weighted by atomic mass is 9.73. The molecule has 0 aliphatic carbocycles. The van der Waals surface area contributed by atoms with Crippen molar-refractivity contribution in [1.29, 1.82) is 0 Å². The van der Waals surface area contributed by atoms with E-state index in [0.717, 1.165) is 33.3 Å². The SMILES string of the molecule is Cc1ccc(S(=O)(=O)N2Cc3cc(B4OC(C)(C)C(C)(C)O4)c(-c4ccccc4)cc3C2)cc1. The Morgan fingerprint density at radius 3 is 1.97 bits per heavy atom. The van der Waals surface area contributed by atoms with E-state index in [2.05, 4.69) is 24.3 Å². The van der Waals surface area contributed by atoms with Gasteiger partial charge in [-0.3, -0.25) is 0 Å². The molecular formula is C27H30BNO4S. The van der Waals surface area contributed by atoms with E-state index in [1.54, 1.807) is 16.4 Å². The molecule has 0 radical (unpaired) electrons. The average molecular weight is 475 g/mol. The summed E-state index contributed by atoms with van der Waals surface area (Å²) >= 11 is 0. The molecule has 34 heavy (non-hydrogen) atoms. The van der Waals surface area contributed by atoms with E-state index in [9.17, 15) is 8.42 Å². The Morgan fingerprint density at radius 1 is 0.824 bits per heavy atom. The molecule has 3 aromatic rings. The predicted molar refractivity (Wildman–Crippen MR) is 135 cm³/mol. The summed E-state index contributed by atoms with van der Waals surface area (Å²) in [5.74, 6) is 0. The van der Waals surface area contributed by atoms with Crippen LogP contribution < -0.4 is 5.46 Å². The molecule has 0 unspecified atom stereocenters. The lowest BCUT2D eigenvalue weighted by molar-refractivity contribution is 0.00578. The van der Waals surface area contributed by atoms with E-state index in [0.29, 0.717) is 18.0 Å². The molecular weight excluding hydrogens is 445 g/mol. The van der Waals surface area contributed by atoms with Crippen LogP contribution in [0.25, 0.3) is 11.1 Å². The normalized spacial score (nSPS) is 19.4. The molecule has 7 heteroatoms. The molecule has 0 spiro atoms. The fourth-order valence-electron chi connectivity index (χ4n) is 4.50. The maximum absolute atomic E-state index is 13.4. The summed E-state index contributed by atoms with van der Waals surface area (Å²) < 4.78 is 41.0. The summed E-state index contributed by atoms with van der Waals surface area (Å²) in [6, 6.07) is 21.3. The number of aryl methyl sites for hydroxylation is 1. The number of fused-ring (bicyclic) bond motifs is 1. The van der Waals surface area contributed by atoms with Crippen LogP contribution in [0.4, 0.5) is 0 Å². The van der Waals surface area contributed by atoms with Crippen molar-refractivity contribution in [3.05, 3.63) is 83.4 Å². The Hall–Kier alpha value is -2.45. The van der Waals surface area contributed by atoms with Crippen LogP contribution >= 0.6 is 0 Å². The molecule has 3 aromatic carbocycles. The molecule has 0 N–H and O–H groups in total. The van der Waals surface area contributed by atoms with Crippen LogP contribution in [0.2, 0.25) is 0 Å². The van der Waals surface area contributed by atoms with Gasteiger partial charge in [-0.25, -0.2) is 8.42 Å². The van der Waals surface area contributed by atoms with Gasteiger partial charge in [0.2, 0.25) is 10.0 Å². The lowest BCUT2D eigenvalue weighted by Gasteiger charge is -2.32. The van der Waals surface area contributed by atoms with Crippen molar-refractivity contribution in [2.45, 2.75) is 63.8 Å². The van der Waals surface area contributed by atoms with Crippen LogP contribution in [0.15, 0.2) is 71.6 Å². The second-order valence-electron chi connectivity index (χ2n) is 10.2. The Morgan fingerprint density at radius 2 is 1.38 bits per heavy atom. The second kappa shape index (κ2) is 8.06. The molecule has 0 aromatic heterocycles. The Bertz CT molecular complexity index is 1320. The Balaban J connectivity index is 1.56. The summed E-state index contributed by atoms with van der Waals surface area (Å²) in [5.41, 5.74) is 5.08. The summed E-state index contributed by atoms with van der Waals surface area (Å²) in [4.78, 5) is 0.320. The Labute approximate surface area is 202 Å². The third kappa shape index (κ3) is 3.91. The lowest BCUT2D eigenvalue weighted by Crippen LogP contribution is -2.41. The van der Waals surface area contributed by atoms with E-state index < -0.39 is 28.3 Å². The molecule has 0 atom stereocenters. The molecule has 5 nitrogen and oxygen atoms in total. The number of hydrogen-bond donors (Lipinski definition) is 0. The molecule has 0 saturated carbocycles. The first-order valence-electron chi connectivity index (χ1n) is 11.6. The first-order chi connectivity index (χ1) is 16.0. The molecule has 2 aliphatic rings. The van der Waals surface area contributed by atoms with Crippen LogP contribution in [0.3, 0.4) is 0 Å². The largest absolute Gasteiger partial charge is 0.495 e. The molecule has 5 rings (SSSR count). The topological polar surface area (TPSA) is 55.8 Å². The fourth-order valence-corrected chi connectivity index (χ4v) is 5.90. The van der Waals surface area contributed by atoms with Crippen molar-refractivity contribution in [2.24, 2.45) is 0 Å². The van der Waals surface area contributed by atoms with Crippen molar-refractivity contribution in [3.63, 3.8) is 0 Å². The van der Waals surface area contributed by atoms with Crippen molar-refractivity contribution in [3.8, 4) is 11.1 Å². The maximum Gasteiger partial charge on any atom is 0.495 e. The summed E-state index contributed by atoms with van der Waals surface area (Å²) in [7, 11) is -4.13. The highest BCUT2D eigenvalue weighted by Gasteiger charge is 2.52. The van der Waals surface area contributed by atoms with Crippen molar-refractivity contribution in [1.82, 2.24) is 4.31 Å². The van der Waals surface area contributed by atoms with Crippen molar-refractivity contribution in [2.75, 3.05) is 0 Å². The van der Waals surface area contributed by atoms with Crippen molar-refractivity contribution >= 4 is 22.6 Å². The van der Waals surface area contributed by atoms with Crippen LogP contribution in [0.1, 0.15) is 44.4 Å². The van der Waals surface area contributed by atoms with Gasteiger partial charge in [-0.15, -0.1) is 0 Å². The van der Waals surface area contributed by atoms with Gasteiger partial charge in [0, 0.05) is 13.1 Å². The quantitative estimate of drug-likeness (QED) is 0.515. The average Bonchev–Trinajstić information content (AvgIpc) is 3.31. The minimum atomic E-state index is -3.60. The van der Waals surface area contributed by atoms with E-state index in [1.165, 1.54) is 0 Å². The van der Waals surface area contributed by atoms with Crippen LogP contribution in [-0.4, -0.2) is 31.0 Å². The minimum absolute atomic E-state index is 0.320. The first kappa shape index (κ1) is 23.3. The first-order valence-corrected chi connectivity index (χ1v) is 13.1. The molecule has 2 aliphatic heterocycles. The number of hydrogen-bond acceptors (Lipinski definition) is 4. The van der Waals surface area contributed by atoms with Gasteiger partial charge in [0.25, 0.3) is 0 Å². The number of nitrogens with zero attached hydrogens (tertiary/aromatic N) is 1. The summed E-state index contributed by atoms with van der Waals surface area (Å²) in [5, 5.41) is 0. The minimum Gasteiger partial charge on any atom is -0.399 e. The third-order valence-corrected chi connectivity index (χ3v) is 9.12. The van der Waals surface area contributed by atoms with Crippen LogP contribution in [0.5, 0.6) is 0 Å². The van der Waals surface area contributed by atoms with E-state index in [1.807, 2.05) is 65.0 Å². The second-order valence-corrected chi connectivity index (χ2v) is 12.2. The predicted octanol–water partition coefficient (Wildman–Crippen LogP) is 4.67. The molecule has 176 valence electrons. The number of benzene rings is 3. The molecule has 0 amide bonds. The summed E-state index contributed by atoms with van der Waals surface area (Å²) in [6.45, 7) is 10.8. The van der Waals surface area contributed by atoms with Crippen LogP contribution in [0, 0.1) is 6.92 Å². The van der Waals surface area contributed by atoms with E-state index in [4.69, 9.17) is 9.31 Å². The number of rotatable bonds is 4. The summed E-state index contributed by atoms with van der Waals surface area (Å²) in [6.07, 6.45) is 0. The zero-order chi connectivity index (χ0) is 24.3. The highest BCUT2D eigenvalue weighted by Crippen LogP contribution is 2.38. The van der Waals surface area contributed by atoms with Gasteiger partial charge in [-0.05, 0) is 80.5 Å². The van der Waals surface area contributed by atoms with Crippen molar-refractivity contribution < 1.29 is 17.7 Å². The van der Waals surface area contributed by atoms with Gasteiger partial charge < -0.3 is 9.31 Å². The molecule has 0 bridgehead atoms. The highest BCUT2D eigenvalue weighted by molar-refractivity contribution is 7.89. The standard InChI is InChI=1S/C27H30BNO4S/c1-19-11-13-23(14-12-19)34(30,31)29-17-21-15-24(20-9-7-6-8-10-20)25(16-22(21)18-29)28-32-26(2,3)27(4,5)33-28/h6-16H,17-18H2,1-5H3. The molecule has 1 fully saturated rings. The smallest absolute Gasteiger partial charge is 0.399 e. The molecule has 1 saturated heterocycles. The zero-order valence-electron chi connectivity index (χ0n) is 20.3. The zero-order valence-corrected chi connectivity index (χ0v) is 21.1. The highest BCUT2D eigenvalue weighted by atomic mass is 32.2. The Kier molecular flexibility index (Phi) is 5.52. The fraction of sp³-hybridized carbons (Fsp3) is 0.333. The van der Waals surface area contributed by atoms with Crippen LogP contribution in [-0.2, 0) is 32.4 Å². The van der Waals surface area contributed by atoms with E-state index >= 15 is 0 Å². The molecule has 2 heterocycles. The van der Waals surface area contributed by atoms with E-state index in [-0.39, 0.29) is 0 Å². The van der Waals surface area contributed by atoms with Gasteiger partial charge >= 0.3 is 7.12 Å².